The third kappa shape index (κ3) is 11.5. The summed E-state index contributed by atoms with van der Waals surface area (Å²) in [5.74, 6) is 2.25. The minimum absolute atomic E-state index is 0.466. The fraction of sp³-hybridized carbons (Fsp3) is 1.00. The molecule has 0 N–H and O–H groups in total. The SMILES string of the molecule is CCCCC1CC1CCCCCCCCCCCC(CC)OP. The van der Waals surface area contributed by atoms with Gasteiger partial charge < -0.3 is 4.52 Å². The van der Waals surface area contributed by atoms with Crippen molar-refractivity contribution in [3.8, 4) is 0 Å². The van der Waals surface area contributed by atoms with Crippen molar-refractivity contribution in [3.63, 3.8) is 0 Å². The molecule has 0 aromatic carbocycles. The lowest BCUT2D eigenvalue weighted by Crippen LogP contribution is -2.04. The summed E-state index contributed by atoms with van der Waals surface area (Å²) in [5, 5.41) is 0. The van der Waals surface area contributed by atoms with Crippen LogP contribution in [-0.4, -0.2) is 6.10 Å². The molecule has 1 aliphatic rings. The molecule has 0 radical (unpaired) electrons. The van der Waals surface area contributed by atoms with Gasteiger partial charge in [-0.25, -0.2) is 0 Å². The Kier molecular flexibility index (Phi) is 13.7. The Morgan fingerprint density at radius 1 is 0.783 bits per heavy atom. The van der Waals surface area contributed by atoms with Gasteiger partial charge in [-0.15, -0.1) is 0 Å². The van der Waals surface area contributed by atoms with Crippen molar-refractivity contribution >= 4 is 9.47 Å². The molecule has 0 aromatic heterocycles. The van der Waals surface area contributed by atoms with Crippen LogP contribution in [-0.2, 0) is 4.52 Å². The Bertz CT molecular complexity index is 252. The molecule has 2 heteroatoms. The van der Waals surface area contributed by atoms with Gasteiger partial charge in [0.1, 0.15) is 0 Å². The van der Waals surface area contributed by atoms with Crippen LogP contribution in [0.3, 0.4) is 0 Å². The average Bonchev–Trinajstić information content (AvgIpc) is 3.32. The number of unbranched alkanes of at least 4 members (excludes halogenated alkanes) is 9. The van der Waals surface area contributed by atoms with Gasteiger partial charge in [-0.05, 0) is 31.1 Å². The molecular weight excluding hydrogens is 299 g/mol. The normalized spacial score (nSPS) is 21.5. The van der Waals surface area contributed by atoms with E-state index in [4.69, 9.17) is 4.52 Å². The molecule has 4 unspecified atom stereocenters. The first-order valence-electron chi connectivity index (χ1n) is 10.7. The van der Waals surface area contributed by atoms with Crippen molar-refractivity contribution in [2.24, 2.45) is 11.8 Å². The smallest absolute Gasteiger partial charge is 0.0608 e. The van der Waals surface area contributed by atoms with Crippen LogP contribution >= 0.6 is 9.47 Å². The Hall–Kier alpha value is 0.390. The highest BCUT2D eigenvalue weighted by atomic mass is 31.0. The summed E-state index contributed by atoms with van der Waals surface area (Å²) in [6.45, 7) is 4.53. The third-order valence-corrected chi connectivity index (χ3v) is 6.13. The number of rotatable bonds is 17. The minimum Gasteiger partial charge on any atom is -0.362 e. The molecule has 0 bridgehead atoms. The number of hydrogen-bond donors (Lipinski definition) is 0. The summed E-state index contributed by atoms with van der Waals surface area (Å²) in [6.07, 6.45) is 23.3. The van der Waals surface area contributed by atoms with E-state index in [1.54, 1.807) is 6.42 Å². The molecule has 1 nitrogen and oxygen atoms in total. The minimum atomic E-state index is 0.466. The lowest BCUT2D eigenvalue weighted by atomic mass is 10.0. The average molecular weight is 343 g/mol. The maximum absolute atomic E-state index is 5.35. The topological polar surface area (TPSA) is 9.23 Å². The van der Waals surface area contributed by atoms with Gasteiger partial charge in [-0.3, -0.25) is 0 Å². The molecule has 0 spiro atoms. The zero-order chi connectivity index (χ0) is 16.8. The molecule has 138 valence electrons. The van der Waals surface area contributed by atoms with Crippen LogP contribution in [0, 0.1) is 11.8 Å². The maximum Gasteiger partial charge on any atom is 0.0608 e. The van der Waals surface area contributed by atoms with Gasteiger partial charge in [0.15, 0.2) is 0 Å². The predicted molar refractivity (Wildman–Crippen MR) is 107 cm³/mol. The first-order chi connectivity index (χ1) is 11.3. The number of hydrogen-bond acceptors (Lipinski definition) is 1. The van der Waals surface area contributed by atoms with E-state index in [9.17, 15) is 0 Å². The summed E-state index contributed by atoms with van der Waals surface area (Å²) in [5.41, 5.74) is 0. The fourth-order valence-electron chi connectivity index (χ4n) is 3.87. The second-order valence-electron chi connectivity index (χ2n) is 7.82. The van der Waals surface area contributed by atoms with Crippen molar-refractivity contribution in [1.29, 1.82) is 0 Å². The van der Waals surface area contributed by atoms with Crippen LogP contribution < -0.4 is 0 Å². The van der Waals surface area contributed by atoms with Gasteiger partial charge in [0.2, 0.25) is 0 Å². The third-order valence-electron chi connectivity index (χ3n) is 5.75. The highest BCUT2D eigenvalue weighted by molar-refractivity contribution is 7.09. The molecule has 1 aliphatic carbocycles. The van der Waals surface area contributed by atoms with E-state index >= 15 is 0 Å². The summed E-state index contributed by atoms with van der Waals surface area (Å²) in [7, 11) is 2.42. The maximum atomic E-state index is 5.35. The van der Waals surface area contributed by atoms with Crippen molar-refractivity contribution in [2.75, 3.05) is 0 Å². The second-order valence-corrected chi connectivity index (χ2v) is 8.10. The second kappa shape index (κ2) is 14.7. The Morgan fingerprint density at radius 3 is 1.83 bits per heavy atom. The van der Waals surface area contributed by atoms with Crippen molar-refractivity contribution in [3.05, 3.63) is 0 Å². The van der Waals surface area contributed by atoms with E-state index in [0.29, 0.717) is 6.10 Å². The molecule has 0 aromatic rings. The lowest BCUT2D eigenvalue weighted by Gasteiger charge is -2.11. The first kappa shape index (κ1) is 21.4. The van der Waals surface area contributed by atoms with Gasteiger partial charge in [0.05, 0.1) is 6.10 Å². The van der Waals surface area contributed by atoms with Crippen molar-refractivity contribution in [2.45, 2.75) is 123 Å². The van der Waals surface area contributed by atoms with Crippen LogP contribution in [0.5, 0.6) is 0 Å². The standard InChI is InChI=1S/C21H43OP/c1-3-5-15-19-18-20(19)16-13-11-9-7-6-8-10-12-14-17-21(4-2)22-23/h19-21H,3-18,23H2,1-2H3. The lowest BCUT2D eigenvalue weighted by molar-refractivity contribution is 0.216. The molecule has 0 heterocycles. The zero-order valence-electron chi connectivity index (χ0n) is 16.0. The highest BCUT2D eigenvalue weighted by Crippen LogP contribution is 2.45. The van der Waals surface area contributed by atoms with E-state index in [1.165, 1.54) is 89.9 Å². The van der Waals surface area contributed by atoms with Crippen LogP contribution in [0.4, 0.5) is 0 Å². The van der Waals surface area contributed by atoms with Gasteiger partial charge in [0.25, 0.3) is 0 Å². The summed E-state index contributed by atoms with van der Waals surface area (Å²) in [4.78, 5) is 0. The van der Waals surface area contributed by atoms with E-state index < -0.39 is 0 Å². The zero-order valence-corrected chi connectivity index (χ0v) is 17.2. The Labute approximate surface area is 149 Å². The van der Waals surface area contributed by atoms with E-state index in [-0.39, 0.29) is 0 Å². The molecular formula is C21H43OP. The Balaban J connectivity index is 1.72. The van der Waals surface area contributed by atoms with Crippen LogP contribution in [0.15, 0.2) is 0 Å². The largest absolute Gasteiger partial charge is 0.362 e. The van der Waals surface area contributed by atoms with E-state index in [2.05, 4.69) is 23.3 Å². The molecule has 0 amide bonds. The van der Waals surface area contributed by atoms with Gasteiger partial charge in [0, 0.05) is 9.47 Å². The van der Waals surface area contributed by atoms with Crippen molar-refractivity contribution < 1.29 is 4.52 Å². The molecule has 4 atom stereocenters. The first-order valence-corrected chi connectivity index (χ1v) is 11.1. The monoisotopic (exact) mass is 342 g/mol. The van der Waals surface area contributed by atoms with Crippen LogP contribution in [0.25, 0.3) is 0 Å². The molecule has 1 saturated carbocycles. The van der Waals surface area contributed by atoms with Crippen molar-refractivity contribution in [1.82, 2.24) is 0 Å². The predicted octanol–water partition coefficient (Wildman–Crippen LogP) is 7.69. The van der Waals surface area contributed by atoms with Crippen LogP contribution in [0.1, 0.15) is 117 Å². The molecule has 23 heavy (non-hydrogen) atoms. The summed E-state index contributed by atoms with van der Waals surface area (Å²) in [6, 6.07) is 0. The van der Waals surface area contributed by atoms with Gasteiger partial charge >= 0.3 is 0 Å². The molecule has 1 rings (SSSR count). The van der Waals surface area contributed by atoms with E-state index in [0.717, 1.165) is 18.3 Å². The molecule has 1 fully saturated rings. The molecule has 0 aliphatic heterocycles. The summed E-state index contributed by atoms with van der Waals surface area (Å²) < 4.78 is 5.35. The quantitative estimate of drug-likeness (QED) is 0.194. The Morgan fingerprint density at radius 2 is 1.30 bits per heavy atom. The fourth-order valence-corrected chi connectivity index (χ4v) is 4.20. The van der Waals surface area contributed by atoms with Gasteiger partial charge in [-0.1, -0.05) is 97.3 Å². The highest BCUT2D eigenvalue weighted by Gasteiger charge is 2.34. The molecule has 0 saturated heterocycles. The van der Waals surface area contributed by atoms with Gasteiger partial charge in [-0.2, -0.15) is 0 Å². The van der Waals surface area contributed by atoms with E-state index in [1.807, 2.05) is 0 Å². The van der Waals surface area contributed by atoms with Crippen LogP contribution in [0.2, 0.25) is 0 Å². The summed E-state index contributed by atoms with van der Waals surface area (Å²) >= 11 is 0.